The molecule has 0 aromatic heterocycles. The molecule has 0 aliphatic heterocycles. The summed E-state index contributed by atoms with van der Waals surface area (Å²) in [6.45, 7) is 4.57. The van der Waals surface area contributed by atoms with Crippen molar-refractivity contribution < 1.29 is 9.09 Å². The molecule has 0 N–H and O–H groups in total. The molecule has 0 saturated heterocycles. The van der Waals surface area contributed by atoms with Crippen LogP contribution in [0, 0.1) is 0 Å². The van der Waals surface area contributed by atoms with Crippen LogP contribution in [0.5, 0.6) is 0 Å². The zero-order chi connectivity index (χ0) is 9.03. The molecule has 0 aromatic carbocycles. The van der Waals surface area contributed by atoms with E-state index in [1.807, 2.05) is 6.92 Å². The lowest BCUT2D eigenvalue weighted by molar-refractivity contribution is 0.304. The smallest absolute Gasteiger partial charge is 0.146 e. The van der Waals surface area contributed by atoms with Crippen molar-refractivity contribution in [1.29, 1.82) is 0 Å². The van der Waals surface area contributed by atoms with E-state index in [-0.39, 0.29) is 5.16 Å². The fourth-order valence-corrected chi connectivity index (χ4v) is 3.00. The predicted octanol–water partition coefficient (Wildman–Crippen LogP) is 3.49. The third-order valence-corrected chi connectivity index (χ3v) is 4.44. The molecule has 1 fully saturated rings. The van der Waals surface area contributed by atoms with E-state index in [1.54, 1.807) is 0 Å². The van der Waals surface area contributed by atoms with Gasteiger partial charge in [0.2, 0.25) is 0 Å². The van der Waals surface area contributed by atoms with Crippen molar-refractivity contribution in [2.45, 2.75) is 51.1 Å². The summed E-state index contributed by atoms with van der Waals surface area (Å²) in [5.74, 6) is 0. The lowest BCUT2D eigenvalue weighted by Crippen LogP contribution is -2.23. The maximum atomic E-state index is 11.6. The van der Waals surface area contributed by atoms with E-state index in [9.17, 15) is 4.57 Å². The van der Waals surface area contributed by atoms with Gasteiger partial charge in [0.05, 0.1) is 6.61 Å². The molecule has 1 unspecified atom stereocenters. The van der Waals surface area contributed by atoms with Crippen LogP contribution in [0.2, 0.25) is 0 Å². The quantitative estimate of drug-likeness (QED) is 0.635. The molecule has 1 saturated carbocycles. The summed E-state index contributed by atoms with van der Waals surface area (Å²) in [5, 5.41) is -0.0242. The van der Waals surface area contributed by atoms with E-state index in [1.165, 1.54) is 19.3 Å². The van der Waals surface area contributed by atoms with E-state index in [4.69, 9.17) is 4.52 Å². The molecule has 0 aromatic rings. The Morgan fingerprint density at radius 1 is 1.33 bits per heavy atom. The van der Waals surface area contributed by atoms with Gasteiger partial charge in [0.15, 0.2) is 5.16 Å². The molecule has 1 atom stereocenters. The van der Waals surface area contributed by atoms with Crippen LogP contribution in [0.25, 0.3) is 0 Å². The first kappa shape index (κ1) is 10.1. The second-order valence-corrected chi connectivity index (χ2v) is 5.58. The summed E-state index contributed by atoms with van der Waals surface area (Å²) in [5.41, 5.74) is 0. The summed E-state index contributed by atoms with van der Waals surface area (Å²) in [6, 6.07) is 0. The van der Waals surface area contributed by atoms with Gasteiger partial charge in [-0.2, -0.15) is 0 Å². The van der Waals surface area contributed by atoms with Crippen molar-refractivity contribution >= 4 is 8.03 Å². The highest BCUT2D eigenvalue weighted by Crippen LogP contribution is 2.49. The highest BCUT2D eigenvalue weighted by molar-refractivity contribution is 7.41. The van der Waals surface area contributed by atoms with E-state index >= 15 is 0 Å². The van der Waals surface area contributed by atoms with Crippen molar-refractivity contribution in [2.24, 2.45) is 0 Å². The van der Waals surface area contributed by atoms with E-state index < -0.39 is 8.03 Å². The number of hydrogen-bond acceptors (Lipinski definition) is 2. The van der Waals surface area contributed by atoms with E-state index in [2.05, 4.69) is 6.92 Å². The molecule has 0 radical (unpaired) electrons. The van der Waals surface area contributed by atoms with Gasteiger partial charge in [-0.15, -0.1) is 4.52 Å². The van der Waals surface area contributed by atoms with Crippen molar-refractivity contribution in [3.8, 4) is 0 Å². The fraction of sp³-hybridized carbons (Fsp3) is 1.00. The number of rotatable bonds is 3. The summed E-state index contributed by atoms with van der Waals surface area (Å²) in [6.07, 6.45) is 5.87. The minimum atomic E-state index is -1.43. The van der Waals surface area contributed by atoms with Crippen LogP contribution < -0.4 is 0 Å². The molecular weight excluding hydrogens is 171 g/mol. The third kappa shape index (κ3) is 2.27. The normalized spacial score (nSPS) is 23.7. The Labute approximate surface area is 75.6 Å². The van der Waals surface area contributed by atoms with Gasteiger partial charge in [0.25, 0.3) is 0 Å². The molecule has 12 heavy (non-hydrogen) atoms. The molecule has 0 heterocycles. The van der Waals surface area contributed by atoms with Crippen LogP contribution in [-0.4, -0.2) is 11.8 Å². The average molecular weight is 189 g/mol. The van der Waals surface area contributed by atoms with Crippen molar-refractivity contribution in [3.05, 3.63) is 0 Å². The second kappa shape index (κ2) is 4.34. The lowest BCUT2D eigenvalue weighted by atomic mass is 9.90. The van der Waals surface area contributed by atoms with Gasteiger partial charge in [-0.1, -0.05) is 6.42 Å². The van der Waals surface area contributed by atoms with Gasteiger partial charge < -0.3 is 0 Å². The molecule has 1 aliphatic rings. The maximum absolute atomic E-state index is 11.6. The van der Waals surface area contributed by atoms with Gasteiger partial charge >= 0.3 is 8.03 Å². The summed E-state index contributed by atoms with van der Waals surface area (Å²) in [7, 11) is -1.43. The highest BCUT2D eigenvalue weighted by atomic mass is 31.1. The van der Waals surface area contributed by atoms with Crippen LogP contribution >= 0.6 is 8.03 Å². The highest BCUT2D eigenvalue weighted by Gasteiger charge is 2.46. The Morgan fingerprint density at radius 2 is 1.92 bits per heavy atom. The molecule has 3 heteroatoms. The minimum absolute atomic E-state index is 0.0242. The van der Waals surface area contributed by atoms with Crippen LogP contribution in [0.4, 0.5) is 0 Å². The molecule has 0 amide bonds. The van der Waals surface area contributed by atoms with Crippen molar-refractivity contribution in [1.82, 2.24) is 0 Å². The zero-order valence-corrected chi connectivity index (χ0v) is 8.90. The van der Waals surface area contributed by atoms with Crippen LogP contribution in [0.1, 0.15) is 46.0 Å². The largest absolute Gasteiger partial charge is 0.514 e. The average Bonchev–Trinajstić information content (AvgIpc) is 2.06. The minimum Gasteiger partial charge on any atom is -0.146 e. The van der Waals surface area contributed by atoms with Gasteiger partial charge in [-0.3, -0.25) is 0 Å². The first-order chi connectivity index (χ1) is 5.69. The van der Waals surface area contributed by atoms with Crippen LogP contribution in [0.3, 0.4) is 0 Å². The van der Waals surface area contributed by atoms with Crippen LogP contribution in [0.15, 0.2) is 0 Å². The van der Waals surface area contributed by atoms with Crippen LogP contribution in [-0.2, 0) is 9.09 Å². The molecule has 1 aliphatic carbocycles. The molecule has 0 spiro atoms. The first-order valence-electron chi connectivity index (χ1n) is 4.79. The Morgan fingerprint density at radius 3 is 2.42 bits per heavy atom. The SMILES string of the molecule is CCO[P+](=O)C1(C)CCCCC1. The Balaban J connectivity index is 2.50. The fourth-order valence-electron chi connectivity index (χ4n) is 1.77. The number of hydrogen-bond donors (Lipinski definition) is 0. The first-order valence-corrected chi connectivity index (χ1v) is 5.97. The van der Waals surface area contributed by atoms with Gasteiger partial charge in [0.1, 0.15) is 0 Å². The molecule has 1 rings (SSSR count). The summed E-state index contributed by atoms with van der Waals surface area (Å²) in [4.78, 5) is 0. The van der Waals surface area contributed by atoms with Crippen molar-refractivity contribution in [2.75, 3.05) is 6.61 Å². The molecule has 2 nitrogen and oxygen atoms in total. The predicted molar refractivity (Wildman–Crippen MR) is 50.7 cm³/mol. The molecule has 70 valence electrons. The monoisotopic (exact) mass is 189 g/mol. The standard InChI is InChI=1S/C9H18O2P/c1-3-11-12(10)9(2)7-5-4-6-8-9/h3-8H2,1-2H3/q+1. The Bertz CT molecular complexity index is 162. The van der Waals surface area contributed by atoms with Crippen molar-refractivity contribution in [3.63, 3.8) is 0 Å². The Hall–Kier alpha value is 0.0600. The van der Waals surface area contributed by atoms with Gasteiger partial charge in [-0.25, -0.2) is 0 Å². The van der Waals surface area contributed by atoms with E-state index in [0.717, 1.165) is 12.8 Å². The van der Waals surface area contributed by atoms with Gasteiger partial charge in [0, 0.05) is 0 Å². The molecule has 0 bridgehead atoms. The maximum Gasteiger partial charge on any atom is 0.514 e. The summed E-state index contributed by atoms with van der Waals surface area (Å²) >= 11 is 0. The van der Waals surface area contributed by atoms with Gasteiger partial charge in [-0.05, 0) is 44.1 Å². The Kier molecular flexibility index (Phi) is 3.67. The lowest BCUT2D eigenvalue weighted by Gasteiger charge is -2.22. The third-order valence-electron chi connectivity index (χ3n) is 2.62. The zero-order valence-electron chi connectivity index (χ0n) is 8.01. The van der Waals surface area contributed by atoms with E-state index in [0.29, 0.717) is 6.61 Å². The second-order valence-electron chi connectivity index (χ2n) is 3.73. The summed E-state index contributed by atoms with van der Waals surface area (Å²) < 4.78 is 16.8. The topological polar surface area (TPSA) is 26.3 Å². The molecular formula is C9H18O2P+.